The zero-order valence-corrected chi connectivity index (χ0v) is 23.6. The molecule has 1 unspecified atom stereocenters. The predicted molar refractivity (Wildman–Crippen MR) is 148 cm³/mol. The maximum absolute atomic E-state index is 13.0. The van der Waals surface area contributed by atoms with Crippen LogP contribution in [0.25, 0.3) is 0 Å². The van der Waals surface area contributed by atoms with Crippen LogP contribution in [0.4, 0.5) is 0 Å². The average Bonchev–Trinajstić information content (AvgIpc) is 2.89. The van der Waals surface area contributed by atoms with Gasteiger partial charge in [-0.1, -0.05) is 26.7 Å². The molecule has 0 aliphatic carbocycles. The van der Waals surface area contributed by atoms with Crippen LogP contribution in [-0.4, -0.2) is 90.6 Å². The van der Waals surface area contributed by atoms with E-state index in [1.165, 1.54) is 7.11 Å². The van der Waals surface area contributed by atoms with E-state index in [0.29, 0.717) is 38.5 Å². The number of ether oxygens (including phenoxy) is 1. The number of guanidine groups is 1. The van der Waals surface area contributed by atoms with Gasteiger partial charge in [0, 0.05) is 25.8 Å². The number of aliphatic hydroxyl groups is 1. The highest BCUT2D eigenvalue weighted by Crippen LogP contribution is 2.09. The Balaban J connectivity index is 4.98. The molecule has 13 nitrogen and oxygen atoms in total. The second-order valence-corrected chi connectivity index (χ2v) is 9.95. The Labute approximate surface area is 231 Å². The molecule has 8 N–H and O–H groups in total. The Morgan fingerprint density at radius 2 is 1.67 bits per heavy atom. The van der Waals surface area contributed by atoms with E-state index >= 15 is 0 Å². The summed E-state index contributed by atoms with van der Waals surface area (Å²) in [6, 6.07) is -1.31. The van der Waals surface area contributed by atoms with Gasteiger partial charge >= 0.3 is 13.1 Å². The van der Waals surface area contributed by atoms with Crippen LogP contribution in [0.3, 0.4) is 0 Å². The minimum atomic E-state index is -1.74. The van der Waals surface area contributed by atoms with Gasteiger partial charge in [-0.05, 0) is 44.4 Å². The van der Waals surface area contributed by atoms with Gasteiger partial charge in [-0.3, -0.25) is 19.4 Å². The van der Waals surface area contributed by atoms with Crippen molar-refractivity contribution in [1.29, 1.82) is 0 Å². The number of hydrogen-bond donors (Lipinski definition) is 7. The van der Waals surface area contributed by atoms with Crippen LogP contribution in [-0.2, 0) is 23.9 Å². The third-order valence-electron chi connectivity index (χ3n) is 5.97. The Kier molecular flexibility index (Phi) is 20.6. The quantitative estimate of drug-likeness (QED) is 0.0227. The fraction of sp³-hybridized carbons (Fsp3) is 0.800. The van der Waals surface area contributed by atoms with Crippen LogP contribution in [0.2, 0.25) is 0 Å². The van der Waals surface area contributed by atoms with Crippen molar-refractivity contribution in [3.63, 3.8) is 0 Å². The van der Waals surface area contributed by atoms with Gasteiger partial charge < -0.3 is 46.4 Å². The molecule has 0 rings (SSSR count). The molecular formula is C25H48BN5O8. The molecule has 0 aromatic carbocycles. The molecule has 0 aromatic rings. The lowest BCUT2D eigenvalue weighted by Gasteiger charge is -2.24. The van der Waals surface area contributed by atoms with E-state index in [1.807, 2.05) is 13.8 Å². The van der Waals surface area contributed by atoms with Gasteiger partial charge in [0.15, 0.2) is 5.96 Å². The summed E-state index contributed by atoms with van der Waals surface area (Å²) in [6.07, 6.45) is 5.74. The summed E-state index contributed by atoms with van der Waals surface area (Å²) in [4.78, 5) is 51.4. The molecule has 2 amide bonds. The van der Waals surface area contributed by atoms with Gasteiger partial charge in [-0.2, -0.15) is 0 Å². The number of unbranched alkanes of at least 4 members (excludes halogenated alkanes) is 3. The number of aldehydes is 1. The van der Waals surface area contributed by atoms with E-state index in [-0.39, 0.29) is 56.2 Å². The molecule has 0 fully saturated rings. The molecule has 0 saturated carbocycles. The lowest BCUT2D eigenvalue weighted by atomic mass is 9.75. The number of aliphatic hydroxyl groups excluding tert-OH is 1. The van der Waals surface area contributed by atoms with Crippen LogP contribution in [0, 0.1) is 5.92 Å². The first-order valence-corrected chi connectivity index (χ1v) is 13.7. The molecule has 0 aromatic heterocycles. The smallest absolute Gasteiger partial charge is 0.469 e. The van der Waals surface area contributed by atoms with Crippen molar-refractivity contribution >= 4 is 37.1 Å². The number of methoxy groups -OCH3 is 1. The highest BCUT2D eigenvalue weighted by molar-refractivity contribution is 6.43. The Morgan fingerprint density at radius 3 is 2.23 bits per heavy atom. The van der Waals surface area contributed by atoms with Crippen LogP contribution in [0.5, 0.6) is 0 Å². The first-order valence-electron chi connectivity index (χ1n) is 13.7. The van der Waals surface area contributed by atoms with Crippen LogP contribution >= 0.6 is 0 Å². The Bertz CT molecular complexity index is 754. The van der Waals surface area contributed by atoms with E-state index in [4.69, 9.17) is 5.73 Å². The summed E-state index contributed by atoms with van der Waals surface area (Å²) >= 11 is 0. The van der Waals surface area contributed by atoms with Crippen molar-refractivity contribution in [3.8, 4) is 0 Å². The number of amides is 2. The molecule has 39 heavy (non-hydrogen) atoms. The predicted octanol–water partition coefficient (Wildman–Crippen LogP) is -0.448. The first-order chi connectivity index (χ1) is 18.5. The van der Waals surface area contributed by atoms with E-state index in [0.717, 1.165) is 19.1 Å². The highest BCUT2D eigenvalue weighted by Gasteiger charge is 2.29. The lowest BCUT2D eigenvalue weighted by Crippen LogP contribution is -2.54. The van der Waals surface area contributed by atoms with Crippen LogP contribution in [0.1, 0.15) is 84.5 Å². The average molecular weight is 557 g/mol. The standard InChI is InChI=1S/C25H48BN5O8/c1-18(2)16-21(26(37)38)31-24(36)20(30-22(34)12-6-4-5-7-13-23(35)39-3)11-8-14-28-25(27)29-19(17-33)10-9-15-32/h15,18-21,33,37-38H,4-14,16-17H2,1-3H3,(H,30,34)(H,31,36)(H3,27,28,29)/t19?,20-,21-/m0/s1. The highest BCUT2D eigenvalue weighted by atomic mass is 16.5. The van der Waals surface area contributed by atoms with Crippen molar-refractivity contribution in [2.75, 3.05) is 20.3 Å². The monoisotopic (exact) mass is 557 g/mol. The fourth-order valence-corrected chi connectivity index (χ4v) is 3.82. The molecule has 0 bridgehead atoms. The van der Waals surface area contributed by atoms with Gasteiger partial charge in [-0.25, -0.2) is 0 Å². The van der Waals surface area contributed by atoms with E-state index in [1.54, 1.807) is 0 Å². The summed E-state index contributed by atoms with van der Waals surface area (Å²) in [6.45, 7) is 3.81. The van der Waals surface area contributed by atoms with Gasteiger partial charge in [0.1, 0.15) is 12.3 Å². The van der Waals surface area contributed by atoms with Crippen molar-refractivity contribution in [1.82, 2.24) is 16.0 Å². The van der Waals surface area contributed by atoms with Gasteiger partial charge in [-0.15, -0.1) is 0 Å². The number of nitrogens with two attached hydrogens (primary N) is 1. The number of nitrogens with one attached hydrogen (secondary N) is 3. The van der Waals surface area contributed by atoms with E-state index in [2.05, 4.69) is 25.7 Å². The van der Waals surface area contributed by atoms with E-state index in [9.17, 15) is 34.3 Å². The number of rotatable bonds is 22. The molecule has 14 heteroatoms. The summed E-state index contributed by atoms with van der Waals surface area (Å²) in [5.74, 6) is -1.78. The summed E-state index contributed by atoms with van der Waals surface area (Å²) in [7, 11) is -0.402. The Morgan fingerprint density at radius 1 is 1.00 bits per heavy atom. The third kappa shape index (κ3) is 19.1. The Hall–Kier alpha value is -2.71. The molecule has 3 atom stereocenters. The number of esters is 1. The van der Waals surface area contributed by atoms with E-state index < -0.39 is 31.1 Å². The molecule has 0 aliphatic heterocycles. The van der Waals surface area contributed by atoms with Crippen LogP contribution in [0.15, 0.2) is 4.99 Å². The first kappa shape index (κ1) is 36.3. The summed E-state index contributed by atoms with van der Waals surface area (Å²) < 4.78 is 4.60. The second-order valence-electron chi connectivity index (χ2n) is 9.95. The topological polar surface area (TPSA) is 213 Å². The number of aliphatic imine (C=N–C) groups is 1. The fourth-order valence-electron chi connectivity index (χ4n) is 3.82. The normalized spacial score (nSPS) is 13.8. The van der Waals surface area contributed by atoms with Gasteiger partial charge in [0.25, 0.3) is 0 Å². The molecule has 224 valence electrons. The number of carbonyl (C=O) groups is 4. The molecule has 0 heterocycles. The second kappa shape index (κ2) is 22.1. The van der Waals surface area contributed by atoms with Crippen molar-refractivity contribution in [3.05, 3.63) is 0 Å². The summed E-state index contributed by atoms with van der Waals surface area (Å²) in [5, 5.41) is 36.9. The maximum atomic E-state index is 13.0. The van der Waals surface area contributed by atoms with Crippen molar-refractivity contribution in [2.24, 2.45) is 16.6 Å². The number of carbonyl (C=O) groups excluding carboxylic acids is 4. The zero-order chi connectivity index (χ0) is 29.6. The number of nitrogens with zero attached hydrogens (tertiary/aromatic N) is 1. The number of hydrogen-bond acceptors (Lipinski definition) is 9. The van der Waals surface area contributed by atoms with Crippen molar-refractivity contribution < 1.29 is 39.1 Å². The lowest BCUT2D eigenvalue weighted by molar-refractivity contribution is -0.140. The minimum absolute atomic E-state index is 0.0950. The molecule has 0 spiro atoms. The van der Waals surface area contributed by atoms with Crippen LogP contribution < -0.4 is 21.7 Å². The SMILES string of the molecule is COC(=O)CCCCCCC(=O)N[C@@H](CCCN=C(N)NC(CO)CCC=O)C(=O)N[C@@H](CC(C)C)B(O)O. The maximum Gasteiger partial charge on any atom is 0.475 e. The molecule has 0 radical (unpaired) electrons. The minimum Gasteiger partial charge on any atom is -0.469 e. The molecule has 0 saturated heterocycles. The van der Waals surface area contributed by atoms with Gasteiger partial charge in [0.05, 0.1) is 25.7 Å². The summed E-state index contributed by atoms with van der Waals surface area (Å²) in [5.41, 5.74) is 5.85. The van der Waals surface area contributed by atoms with Crippen molar-refractivity contribution in [2.45, 2.75) is 103 Å². The van der Waals surface area contributed by atoms with Gasteiger partial charge in [0.2, 0.25) is 11.8 Å². The largest absolute Gasteiger partial charge is 0.475 e. The third-order valence-corrected chi connectivity index (χ3v) is 5.97. The zero-order valence-electron chi connectivity index (χ0n) is 23.6. The molecule has 0 aliphatic rings. The molecular weight excluding hydrogens is 509 g/mol.